The van der Waals surface area contributed by atoms with E-state index in [1.54, 1.807) is 6.92 Å². The lowest BCUT2D eigenvalue weighted by Crippen LogP contribution is -2.48. The first-order valence-electron chi connectivity index (χ1n) is 6.66. The summed E-state index contributed by atoms with van der Waals surface area (Å²) in [6, 6.07) is 10.3. The van der Waals surface area contributed by atoms with E-state index >= 15 is 0 Å². The molecule has 110 valence electrons. The summed E-state index contributed by atoms with van der Waals surface area (Å²) in [6.45, 7) is 8.17. The molecule has 0 spiro atoms. The lowest BCUT2D eigenvalue weighted by Gasteiger charge is -2.43. The van der Waals surface area contributed by atoms with Crippen molar-refractivity contribution < 1.29 is 4.79 Å². The highest BCUT2D eigenvalue weighted by Crippen LogP contribution is 2.43. The summed E-state index contributed by atoms with van der Waals surface area (Å²) >= 11 is 10.8. The predicted molar refractivity (Wildman–Crippen MR) is 91.0 cm³/mol. The summed E-state index contributed by atoms with van der Waals surface area (Å²) in [5.41, 5.74) is 0.824. The molecule has 20 heavy (non-hydrogen) atoms. The monoisotopic (exact) mass is 326 g/mol. The first-order valence-corrected chi connectivity index (χ1v) is 9.74. The van der Waals surface area contributed by atoms with Gasteiger partial charge in [-0.05, 0) is 19.0 Å². The molecule has 2 unspecified atom stereocenters. The number of likely N-dealkylation sites (tertiary alicyclic amines) is 1. The number of rotatable bonds is 4. The van der Waals surface area contributed by atoms with E-state index in [0.29, 0.717) is 0 Å². The van der Waals surface area contributed by atoms with E-state index < -0.39 is 13.4 Å². The molecule has 2 nitrogen and oxygen atoms in total. The van der Waals surface area contributed by atoms with E-state index in [1.165, 1.54) is 5.56 Å². The Morgan fingerprint density at radius 3 is 2.30 bits per heavy atom. The molecule has 0 saturated carbocycles. The third-order valence-electron chi connectivity index (χ3n) is 4.63. The average molecular weight is 327 g/mol. The molecule has 2 atom stereocenters. The van der Waals surface area contributed by atoms with Gasteiger partial charge in [-0.3, -0.25) is 32.1 Å². The minimum absolute atomic E-state index is 0.197. The first-order chi connectivity index (χ1) is 9.29. The van der Waals surface area contributed by atoms with Gasteiger partial charge in [0.25, 0.3) is 0 Å². The minimum Gasteiger partial charge on any atom is -0.339 e. The van der Waals surface area contributed by atoms with Crippen molar-refractivity contribution in [1.29, 1.82) is 0 Å². The van der Waals surface area contributed by atoms with E-state index in [2.05, 4.69) is 24.0 Å². The van der Waals surface area contributed by atoms with Gasteiger partial charge in [0.15, 0.2) is 0 Å². The summed E-state index contributed by atoms with van der Waals surface area (Å²) < 4.78 is -0.293. The molecule has 1 saturated heterocycles. The van der Waals surface area contributed by atoms with Gasteiger partial charge in [-0.2, -0.15) is 0 Å². The van der Waals surface area contributed by atoms with Gasteiger partial charge >= 0.3 is 0 Å². The maximum Gasteiger partial charge on any atom is 0.135 e. The van der Waals surface area contributed by atoms with E-state index in [4.69, 9.17) is 22.4 Å². The Bertz CT molecular complexity index is 576. The predicted octanol–water partition coefficient (Wildman–Crippen LogP) is 2.40. The van der Waals surface area contributed by atoms with Crippen LogP contribution in [-0.4, -0.2) is 28.5 Å². The number of carbonyl (C=O) groups is 1. The van der Waals surface area contributed by atoms with Gasteiger partial charge in [-0.25, -0.2) is 0 Å². The Balaban J connectivity index is 2.27. The van der Waals surface area contributed by atoms with Crippen LogP contribution in [0.2, 0.25) is 0 Å². The third kappa shape index (κ3) is 2.69. The Morgan fingerprint density at radius 1 is 1.25 bits per heavy atom. The lowest BCUT2D eigenvalue weighted by molar-refractivity contribution is -0.125. The second kappa shape index (κ2) is 5.79. The van der Waals surface area contributed by atoms with Crippen molar-refractivity contribution in [3.05, 3.63) is 35.9 Å². The van der Waals surface area contributed by atoms with Crippen LogP contribution in [0.5, 0.6) is 0 Å². The van der Waals surface area contributed by atoms with Crippen molar-refractivity contribution in [2.75, 3.05) is 13.1 Å². The number of hydrogen-bond donors (Lipinski definition) is 0. The Kier molecular flexibility index (Phi) is 4.64. The topological polar surface area (TPSA) is 20.3 Å². The molecule has 2 rings (SSSR count). The maximum absolute atomic E-state index is 12.2. The van der Waals surface area contributed by atoms with Crippen LogP contribution in [0.25, 0.3) is 0 Å². The standard InChI is InChI=1S/C15H20NOS3/c1-12(17)14(2)10-16(11-15(14,3)20(18)19)9-13-7-5-4-6-8-13/h4-8H,9-11H2,1-3H3/q-1. The van der Waals surface area contributed by atoms with Crippen LogP contribution in [0.4, 0.5) is 0 Å². The molecule has 0 amide bonds. The fraction of sp³-hybridized carbons (Fsp3) is 0.533. The molecule has 0 bridgehead atoms. The number of nitrogens with zero attached hydrogens (tertiary/aromatic N) is 1. The molecule has 0 aliphatic carbocycles. The van der Waals surface area contributed by atoms with Crippen molar-refractivity contribution in [3.8, 4) is 0 Å². The Morgan fingerprint density at radius 2 is 1.85 bits per heavy atom. The van der Waals surface area contributed by atoms with Crippen LogP contribution >= 0.6 is 0 Å². The lowest BCUT2D eigenvalue weighted by atomic mass is 9.77. The number of Topliss-reactive ketones (excluding diaryl/α,β-unsaturated/α-hetero) is 1. The van der Waals surface area contributed by atoms with E-state index in [0.717, 1.165) is 19.6 Å². The van der Waals surface area contributed by atoms with Crippen molar-refractivity contribution in [3.63, 3.8) is 0 Å². The van der Waals surface area contributed by atoms with Crippen molar-refractivity contribution in [1.82, 2.24) is 4.90 Å². The number of hydrogen-bond acceptors (Lipinski definition) is 5. The quantitative estimate of drug-likeness (QED) is 0.792. The van der Waals surface area contributed by atoms with Crippen LogP contribution < -0.4 is 0 Å². The Labute approximate surface area is 132 Å². The fourth-order valence-corrected chi connectivity index (χ4v) is 5.23. The average Bonchev–Trinajstić information content (AvgIpc) is 2.64. The zero-order chi connectivity index (χ0) is 15.0. The van der Waals surface area contributed by atoms with Gasteiger partial charge in [-0.1, -0.05) is 48.9 Å². The van der Waals surface area contributed by atoms with E-state index in [1.807, 2.05) is 25.1 Å². The smallest absolute Gasteiger partial charge is 0.135 e. The highest BCUT2D eigenvalue weighted by molar-refractivity contribution is 8.47. The summed E-state index contributed by atoms with van der Waals surface area (Å²) in [4.78, 5) is 14.5. The molecule has 1 fully saturated rings. The molecule has 1 aliphatic rings. The minimum atomic E-state index is -0.621. The summed E-state index contributed by atoms with van der Waals surface area (Å²) in [5.74, 6) is 0.197. The molecule has 1 aromatic carbocycles. The highest BCUT2D eigenvalue weighted by Gasteiger charge is 2.49. The zero-order valence-corrected chi connectivity index (χ0v) is 14.5. The van der Waals surface area contributed by atoms with E-state index in [-0.39, 0.29) is 10.5 Å². The van der Waals surface area contributed by atoms with Crippen LogP contribution in [-0.2, 0) is 41.7 Å². The molecule has 0 radical (unpaired) electrons. The normalized spacial score (nSPS) is 30.8. The SMILES string of the molecule is CC(=O)C1(C)CN(Cc2ccccc2)CC1(C)[S-](=S)=S. The Hall–Kier alpha value is -0.360. The zero-order valence-electron chi connectivity index (χ0n) is 12.1. The molecule has 0 aromatic heterocycles. The summed E-state index contributed by atoms with van der Waals surface area (Å²) in [6.07, 6.45) is 0. The maximum atomic E-state index is 12.2. The number of benzene rings is 1. The van der Waals surface area contributed by atoms with Gasteiger partial charge in [0.1, 0.15) is 5.78 Å². The highest BCUT2D eigenvalue weighted by atomic mass is 33.1. The molecular formula is C15H20NOS3-. The molecule has 0 N–H and O–H groups in total. The number of carbonyl (C=O) groups excluding carboxylic acids is 1. The van der Waals surface area contributed by atoms with Gasteiger partial charge in [-0.15, -0.1) is 0 Å². The van der Waals surface area contributed by atoms with Gasteiger partial charge in [0.2, 0.25) is 0 Å². The van der Waals surface area contributed by atoms with Gasteiger partial charge < -0.3 is 8.01 Å². The third-order valence-corrected chi connectivity index (χ3v) is 8.15. The second-order valence-electron chi connectivity index (χ2n) is 5.98. The van der Waals surface area contributed by atoms with Crippen molar-refractivity contribution in [2.45, 2.75) is 32.1 Å². The molecule has 1 aromatic rings. The van der Waals surface area contributed by atoms with Gasteiger partial charge in [0.05, 0.1) is 0 Å². The summed E-state index contributed by atoms with van der Waals surface area (Å²) in [7, 11) is -0.621. The second-order valence-corrected chi connectivity index (χ2v) is 9.99. The summed E-state index contributed by atoms with van der Waals surface area (Å²) in [5, 5.41) is 0. The fourth-order valence-electron chi connectivity index (χ4n) is 2.95. The van der Waals surface area contributed by atoms with Gasteiger partial charge in [0, 0.05) is 18.5 Å². The van der Waals surface area contributed by atoms with Crippen molar-refractivity contribution in [2.24, 2.45) is 5.41 Å². The first kappa shape index (κ1) is 16.0. The largest absolute Gasteiger partial charge is 0.339 e. The molecule has 1 aliphatic heterocycles. The van der Waals surface area contributed by atoms with Crippen molar-refractivity contribution >= 4 is 36.2 Å². The van der Waals surface area contributed by atoms with Crippen LogP contribution in [0.3, 0.4) is 0 Å². The molecule has 1 heterocycles. The van der Waals surface area contributed by atoms with Crippen LogP contribution in [0.1, 0.15) is 26.3 Å². The molecule has 5 heteroatoms. The van der Waals surface area contributed by atoms with Crippen LogP contribution in [0, 0.1) is 5.41 Å². The number of ketones is 1. The van der Waals surface area contributed by atoms with Crippen LogP contribution in [0.15, 0.2) is 30.3 Å². The van der Waals surface area contributed by atoms with E-state index in [9.17, 15) is 4.79 Å². The molecular weight excluding hydrogens is 306 g/mol.